The minimum Gasteiger partial charge on any atom is -0.461 e. The van der Waals surface area contributed by atoms with E-state index in [1.54, 1.807) is 0 Å². The third kappa shape index (κ3) is 42.0. The third-order valence-corrected chi connectivity index (χ3v) is 11.1. The van der Waals surface area contributed by atoms with Gasteiger partial charge in [0.25, 0.3) is 0 Å². The van der Waals surface area contributed by atoms with Gasteiger partial charge >= 0.3 is 5.97 Å². The van der Waals surface area contributed by atoms with Crippen molar-refractivity contribution in [3.05, 3.63) is 72.9 Å². The first-order chi connectivity index (χ1) is 29.5. The molecule has 0 aromatic carbocycles. The molecule has 6 heteroatoms. The monoisotopic (exact) mass is 838 g/mol. The number of hydrogen-bond acceptors (Lipinski definition) is 5. The van der Waals surface area contributed by atoms with E-state index in [9.17, 15) is 19.8 Å². The Hall–Kier alpha value is -2.70. The smallest absolute Gasteiger partial charge is 0.306 e. The maximum atomic E-state index is 13.1. The summed E-state index contributed by atoms with van der Waals surface area (Å²) in [5, 5.41) is 23.7. The highest BCUT2D eigenvalue weighted by atomic mass is 16.5. The molecule has 0 aliphatic carbocycles. The van der Waals surface area contributed by atoms with Crippen LogP contribution in [0, 0.1) is 0 Å². The summed E-state index contributed by atoms with van der Waals surface area (Å²) >= 11 is 0. The van der Waals surface area contributed by atoms with Gasteiger partial charge in [0.15, 0.2) is 0 Å². The molecule has 0 aliphatic rings. The van der Waals surface area contributed by atoms with Crippen LogP contribution in [0.25, 0.3) is 0 Å². The van der Waals surface area contributed by atoms with E-state index in [0.29, 0.717) is 19.3 Å². The summed E-state index contributed by atoms with van der Waals surface area (Å²) in [6, 6.07) is -0.742. The van der Waals surface area contributed by atoms with Gasteiger partial charge in [-0.1, -0.05) is 241 Å². The molecule has 0 saturated carbocycles. The maximum absolute atomic E-state index is 13.1. The van der Waals surface area contributed by atoms with Crippen molar-refractivity contribution in [3.63, 3.8) is 0 Å². The minimum atomic E-state index is -0.821. The molecule has 0 fully saturated rings. The van der Waals surface area contributed by atoms with Gasteiger partial charge in [-0.2, -0.15) is 0 Å². The number of carbonyl (C=O) groups is 2. The zero-order valence-electron chi connectivity index (χ0n) is 39.3. The molecule has 0 heterocycles. The Morgan fingerprint density at radius 1 is 0.517 bits per heavy atom. The zero-order chi connectivity index (χ0) is 43.8. The van der Waals surface area contributed by atoms with E-state index >= 15 is 0 Å². The molecule has 1 amide bonds. The van der Waals surface area contributed by atoms with Gasteiger partial charge < -0.3 is 20.3 Å². The highest BCUT2D eigenvalue weighted by Gasteiger charge is 2.23. The molecular formula is C54H95NO5. The number of esters is 1. The molecule has 0 radical (unpaired) electrons. The van der Waals surface area contributed by atoms with Crippen molar-refractivity contribution in [1.29, 1.82) is 0 Å². The number of nitrogens with one attached hydrogen (secondary N) is 1. The van der Waals surface area contributed by atoms with Gasteiger partial charge in [0, 0.05) is 12.8 Å². The number of unbranched alkanes of at least 4 members (excludes halogenated alkanes) is 25. The highest BCUT2D eigenvalue weighted by Crippen LogP contribution is 2.16. The first-order valence-electron chi connectivity index (χ1n) is 25.2. The molecule has 0 aliphatic heterocycles. The number of allylic oxidation sites excluding steroid dienone is 11. The second-order valence-corrected chi connectivity index (χ2v) is 17.0. The number of rotatable bonds is 44. The first-order valence-corrected chi connectivity index (χ1v) is 25.2. The van der Waals surface area contributed by atoms with Crippen LogP contribution in [-0.4, -0.2) is 46.9 Å². The molecule has 0 aromatic heterocycles. The SMILES string of the molecule is CC/C=C/C=C/C=C\C=C/C=C/CC(CC(=O)NC(CO)C(O)CCCCCCCCCCCCCCCC)OC(=O)CCCCCCC/C=C/CCCCCCCCC. The topological polar surface area (TPSA) is 95.9 Å². The van der Waals surface area contributed by atoms with Gasteiger partial charge in [0.2, 0.25) is 5.91 Å². The summed E-state index contributed by atoms with van der Waals surface area (Å²) in [4.78, 5) is 26.0. The highest BCUT2D eigenvalue weighted by molar-refractivity contribution is 5.77. The fraction of sp³-hybridized carbons (Fsp3) is 0.741. The van der Waals surface area contributed by atoms with Crippen LogP contribution in [0.15, 0.2) is 72.9 Å². The predicted octanol–water partition coefficient (Wildman–Crippen LogP) is 15.0. The van der Waals surface area contributed by atoms with E-state index in [-0.39, 0.29) is 24.9 Å². The lowest BCUT2D eigenvalue weighted by molar-refractivity contribution is -0.150. The quantitative estimate of drug-likeness (QED) is 0.0246. The summed E-state index contributed by atoms with van der Waals surface area (Å²) in [5.41, 5.74) is 0. The Balaban J connectivity index is 4.65. The van der Waals surface area contributed by atoms with E-state index in [4.69, 9.17) is 4.74 Å². The Morgan fingerprint density at radius 3 is 1.40 bits per heavy atom. The Labute approximate surface area is 371 Å². The van der Waals surface area contributed by atoms with E-state index < -0.39 is 18.2 Å². The van der Waals surface area contributed by atoms with E-state index in [2.05, 4.69) is 44.3 Å². The standard InChI is InChI=1S/C54H95NO5/c1-4-7-10-13-16-19-22-24-26-27-29-32-35-38-41-44-47-54(59)60-50(45-42-39-36-33-30-21-18-15-12-9-6-3)48-53(58)55-51(49-56)52(57)46-43-40-37-34-31-28-25-23-20-17-14-11-8-5-2/h9,12,15,18,21,26-27,30,33,36,39,42,50-52,56-57H,4-8,10-11,13-14,16-17,19-20,22-25,28-29,31-32,34-35,37-38,40-41,43-49H2,1-3H3,(H,55,58)/b12-9+,18-15+,27-26+,30-21-,36-33-,42-39+. The summed E-state index contributed by atoms with van der Waals surface area (Å²) < 4.78 is 5.83. The van der Waals surface area contributed by atoms with Crippen LogP contribution in [0.1, 0.15) is 233 Å². The van der Waals surface area contributed by atoms with Crippen molar-refractivity contribution >= 4 is 11.9 Å². The van der Waals surface area contributed by atoms with Crippen molar-refractivity contribution in [2.45, 2.75) is 251 Å². The first kappa shape index (κ1) is 57.3. The fourth-order valence-electron chi connectivity index (χ4n) is 7.33. The van der Waals surface area contributed by atoms with Gasteiger partial charge in [-0.25, -0.2) is 0 Å². The number of hydrogen-bond donors (Lipinski definition) is 3. The summed E-state index contributed by atoms with van der Waals surface area (Å²) in [6.45, 7) is 6.29. The summed E-state index contributed by atoms with van der Waals surface area (Å²) in [7, 11) is 0. The summed E-state index contributed by atoms with van der Waals surface area (Å²) in [5.74, 6) is -0.618. The van der Waals surface area contributed by atoms with Crippen LogP contribution in [0.5, 0.6) is 0 Å². The normalized spacial score (nSPS) is 13.9. The van der Waals surface area contributed by atoms with Crippen molar-refractivity contribution in [3.8, 4) is 0 Å². The van der Waals surface area contributed by atoms with Crippen LogP contribution in [0.2, 0.25) is 0 Å². The third-order valence-electron chi connectivity index (χ3n) is 11.1. The van der Waals surface area contributed by atoms with Crippen molar-refractivity contribution in [2.24, 2.45) is 0 Å². The second kappa shape index (κ2) is 47.4. The Bertz CT molecular complexity index is 1120. The maximum Gasteiger partial charge on any atom is 0.306 e. The van der Waals surface area contributed by atoms with Crippen molar-refractivity contribution < 1.29 is 24.5 Å². The second-order valence-electron chi connectivity index (χ2n) is 17.0. The van der Waals surface area contributed by atoms with Crippen LogP contribution in [0.4, 0.5) is 0 Å². The molecule has 3 N–H and O–H groups in total. The van der Waals surface area contributed by atoms with Gasteiger partial charge in [-0.05, 0) is 44.9 Å². The van der Waals surface area contributed by atoms with Gasteiger partial charge in [-0.15, -0.1) is 0 Å². The van der Waals surface area contributed by atoms with Crippen LogP contribution in [-0.2, 0) is 14.3 Å². The molecule has 60 heavy (non-hydrogen) atoms. The van der Waals surface area contributed by atoms with Crippen molar-refractivity contribution in [1.82, 2.24) is 5.32 Å². The molecule has 0 bridgehead atoms. The molecule has 3 atom stereocenters. The van der Waals surface area contributed by atoms with Gasteiger partial charge in [0.05, 0.1) is 25.2 Å². The van der Waals surface area contributed by atoms with E-state index in [1.165, 1.54) is 128 Å². The van der Waals surface area contributed by atoms with Crippen molar-refractivity contribution in [2.75, 3.05) is 6.61 Å². The van der Waals surface area contributed by atoms with E-state index in [0.717, 1.165) is 57.8 Å². The Morgan fingerprint density at radius 2 is 0.933 bits per heavy atom. The molecule has 3 unspecified atom stereocenters. The number of amides is 1. The molecule has 0 spiro atoms. The molecule has 6 nitrogen and oxygen atoms in total. The lowest BCUT2D eigenvalue weighted by Gasteiger charge is -2.24. The lowest BCUT2D eigenvalue weighted by atomic mass is 10.0. The largest absolute Gasteiger partial charge is 0.461 e. The van der Waals surface area contributed by atoms with Gasteiger partial charge in [0.1, 0.15) is 6.10 Å². The number of aliphatic hydroxyl groups excluding tert-OH is 2. The van der Waals surface area contributed by atoms with Crippen LogP contribution < -0.4 is 5.32 Å². The molecular weight excluding hydrogens is 743 g/mol. The predicted molar refractivity (Wildman–Crippen MR) is 259 cm³/mol. The number of carbonyl (C=O) groups excluding carboxylic acids is 2. The van der Waals surface area contributed by atoms with Crippen LogP contribution in [0.3, 0.4) is 0 Å². The number of aliphatic hydroxyl groups is 2. The molecule has 0 aromatic rings. The van der Waals surface area contributed by atoms with Gasteiger partial charge in [-0.3, -0.25) is 9.59 Å². The minimum absolute atomic E-state index is 0.0235. The van der Waals surface area contributed by atoms with E-state index in [1.807, 2.05) is 54.7 Å². The fourth-order valence-corrected chi connectivity index (χ4v) is 7.33. The molecule has 346 valence electrons. The average Bonchev–Trinajstić information content (AvgIpc) is 3.24. The number of ether oxygens (including phenoxy) is 1. The zero-order valence-corrected chi connectivity index (χ0v) is 39.3. The average molecular weight is 838 g/mol. The van der Waals surface area contributed by atoms with Crippen LogP contribution >= 0.6 is 0 Å². The molecule has 0 rings (SSSR count). The Kier molecular flexibility index (Phi) is 45.2. The lowest BCUT2D eigenvalue weighted by Crippen LogP contribution is -2.46. The molecule has 0 saturated heterocycles. The summed E-state index contributed by atoms with van der Waals surface area (Å²) in [6.07, 6.45) is 59.9.